The third-order valence-corrected chi connectivity index (χ3v) is 9.49. The van der Waals surface area contributed by atoms with Gasteiger partial charge < -0.3 is 15.6 Å². The summed E-state index contributed by atoms with van der Waals surface area (Å²) in [5, 5.41) is 10.9. The number of ether oxygens (including phenoxy) is 1. The molecule has 6 amide bonds. The van der Waals surface area contributed by atoms with E-state index < -0.39 is 70.5 Å². The van der Waals surface area contributed by atoms with Crippen LogP contribution in [-0.2, 0) is 19.2 Å². The standard InChI is InChI=1S/C29H25ClFN3O7/c1-29-18(25(37)33(27(29)39)12-3-8-20(31)19(30)9-12)11-17-14(23(29)15-5-4-13(41-2)10-21(15)35)6-7-16-22(17)26(38)34(24(16)36)28(32)40/h3-6,8-10,16-18,22-23,35H,7,11H2,1-2H3,(H2,32,40)/t16-,17+,18-,22-,23+,29+/m0/s1. The van der Waals surface area contributed by atoms with Crippen LogP contribution in [0.4, 0.5) is 14.9 Å². The van der Waals surface area contributed by atoms with Gasteiger partial charge in [-0.25, -0.2) is 14.1 Å². The fourth-order valence-corrected chi connectivity index (χ4v) is 7.52. The number of amides is 6. The molecule has 212 valence electrons. The van der Waals surface area contributed by atoms with Crippen molar-refractivity contribution in [3.05, 3.63) is 64.5 Å². The Balaban J connectivity index is 1.54. The predicted molar refractivity (Wildman–Crippen MR) is 142 cm³/mol. The Morgan fingerprint density at radius 3 is 2.46 bits per heavy atom. The van der Waals surface area contributed by atoms with Crippen LogP contribution in [0, 0.1) is 34.9 Å². The zero-order valence-corrected chi connectivity index (χ0v) is 22.7. The van der Waals surface area contributed by atoms with Gasteiger partial charge >= 0.3 is 6.03 Å². The number of fused-ring (bicyclic) bond motifs is 4. The molecule has 41 heavy (non-hydrogen) atoms. The molecule has 10 nitrogen and oxygen atoms in total. The highest BCUT2D eigenvalue weighted by Crippen LogP contribution is 2.64. The number of allylic oxidation sites excluding steroid dienone is 2. The summed E-state index contributed by atoms with van der Waals surface area (Å²) in [6.07, 6.45) is 1.91. The van der Waals surface area contributed by atoms with Crippen LogP contribution in [0.2, 0.25) is 5.02 Å². The number of benzene rings is 2. The van der Waals surface area contributed by atoms with Crippen LogP contribution in [0.15, 0.2) is 48.0 Å². The number of aromatic hydroxyl groups is 1. The molecule has 6 rings (SSSR count). The summed E-state index contributed by atoms with van der Waals surface area (Å²) in [4.78, 5) is 68.1. The number of nitrogens with two attached hydrogens (primary N) is 1. The van der Waals surface area contributed by atoms with Crippen LogP contribution in [0.5, 0.6) is 11.5 Å². The first-order valence-corrected chi connectivity index (χ1v) is 13.4. The molecule has 0 spiro atoms. The second-order valence-electron chi connectivity index (χ2n) is 11.0. The van der Waals surface area contributed by atoms with Crippen LogP contribution < -0.4 is 15.4 Å². The number of urea groups is 1. The Bertz CT molecular complexity index is 1610. The number of nitrogens with zero attached hydrogens (tertiary/aromatic N) is 2. The highest BCUT2D eigenvalue weighted by Gasteiger charge is 2.68. The number of likely N-dealkylation sites (tertiary alicyclic amines) is 1. The zero-order valence-electron chi connectivity index (χ0n) is 22.0. The van der Waals surface area contributed by atoms with E-state index in [1.807, 2.05) is 0 Å². The number of imide groups is 4. The zero-order chi connectivity index (χ0) is 29.5. The molecule has 2 aliphatic heterocycles. The number of halogens is 2. The van der Waals surface area contributed by atoms with E-state index in [2.05, 4.69) is 0 Å². The SMILES string of the molecule is COc1ccc([C@H]2C3=CC[C@@H]4C(=O)N(C(N)=O)C(=O)[C@@H]4[C@@H]3C[C@H]3C(=O)N(c4ccc(F)c(Cl)c4)C(=O)[C@@]23C)c(O)c1. The van der Waals surface area contributed by atoms with Crippen molar-refractivity contribution >= 4 is 46.9 Å². The topological polar surface area (TPSA) is 147 Å². The first kappa shape index (κ1) is 26.9. The molecule has 2 saturated heterocycles. The Labute approximate surface area is 238 Å². The maximum absolute atomic E-state index is 14.3. The van der Waals surface area contributed by atoms with E-state index in [0.29, 0.717) is 21.8 Å². The lowest BCUT2D eigenvalue weighted by Crippen LogP contribution is -2.49. The van der Waals surface area contributed by atoms with Crippen molar-refractivity contribution in [2.75, 3.05) is 12.0 Å². The number of phenolic OH excluding ortho intramolecular Hbond substituents is 1. The number of carbonyl (C=O) groups is 5. The van der Waals surface area contributed by atoms with Crippen LogP contribution in [0.1, 0.15) is 31.2 Å². The van der Waals surface area contributed by atoms with Crippen LogP contribution in [-0.4, -0.2) is 46.8 Å². The Kier molecular flexibility index (Phi) is 6.00. The molecule has 6 atom stereocenters. The summed E-state index contributed by atoms with van der Waals surface area (Å²) in [7, 11) is 1.43. The number of rotatable bonds is 3. The molecule has 3 fully saturated rings. The highest BCUT2D eigenvalue weighted by atomic mass is 35.5. The first-order chi connectivity index (χ1) is 19.4. The Hall–Kier alpha value is -4.25. The molecular formula is C29H25ClFN3O7. The molecule has 2 aliphatic carbocycles. The molecule has 0 aromatic heterocycles. The van der Waals surface area contributed by atoms with Crippen molar-refractivity contribution in [2.24, 2.45) is 34.8 Å². The van der Waals surface area contributed by atoms with Gasteiger partial charge in [0.15, 0.2) is 0 Å². The van der Waals surface area contributed by atoms with Gasteiger partial charge in [0.05, 0.1) is 41.0 Å². The quantitative estimate of drug-likeness (QED) is 0.416. The normalized spacial score (nSPS) is 30.6. The number of hydrogen-bond donors (Lipinski definition) is 2. The highest BCUT2D eigenvalue weighted by molar-refractivity contribution is 6.31. The van der Waals surface area contributed by atoms with E-state index in [1.54, 1.807) is 25.1 Å². The predicted octanol–water partition coefficient (Wildman–Crippen LogP) is 3.50. The molecule has 2 heterocycles. The van der Waals surface area contributed by atoms with Gasteiger partial charge in [-0.1, -0.05) is 29.3 Å². The number of primary amides is 1. The average Bonchev–Trinajstić information content (AvgIpc) is 3.30. The minimum atomic E-state index is -1.44. The van der Waals surface area contributed by atoms with Gasteiger partial charge in [-0.15, -0.1) is 0 Å². The summed E-state index contributed by atoms with van der Waals surface area (Å²) in [6.45, 7) is 1.64. The van der Waals surface area contributed by atoms with E-state index in [4.69, 9.17) is 22.1 Å². The van der Waals surface area contributed by atoms with Crippen molar-refractivity contribution in [1.29, 1.82) is 0 Å². The van der Waals surface area contributed by atoms with Crippen LogP contribution >= 0.6 is 11.6 Å². The lowest BCUT2D eigenvalue weighted by Gasteiger charge is -2.49. The molecule has 0 unspecified atom stereocenters. The van der Waals surface area contributed by atoms with Gasteiger partial charge in [0.1, 0.15) is 17.3 Å². The van der Waals surface area contributed by atoms with E-state index in [1.165, 1.54) is 25.3 Å². The van der Waals surface area contributed by atoms with E-state index in [9.17, 15) is 33.5 Å². The number of methoxy groups -OCH3 is 1. The molecule has 2 aromatic rings. The molecular weight excluding hydrogens is 557 g/mol. The van der Waals surface area contributed by atoms with Gasteiger partial charge in [0, 0.05) is 17.5 Å². The molecule has 2 aromatic carbocycles. The molecule has 4 aliphatic rings. The third kappa shape index (κ3) is 3.57. The van der Waals surface area contributed by atoms with Gasteiger partial charge in [0.2, 0.25) is 23.6 Å². The number of hydrogen-bond acceptors (Lipinski definition) is 7. The minimum Gasteiger partial charge on any atom is -0.508 e. The van der Waals surface area contributed by atoms with E-state index >= 15 is 0 Å². The fourth-order valence-electron chi connectivity index (χ4n) is 7.34. The van der Waals surface area contributed by atoms with Gasteiger partial charge in [0.25, 0.3) is 0 Å². The second-order valence-corrected chi connectivity index (χ2v) is 11.4. The molecule has 0 bridgehead atoms. The lowest BCUT2D eigenvalue weighted by molar-refractivity contribution is -0.136. The maximum atomic E-state index is 14.3. The van der Waals surface area contributed by atoms with Crippen LogP contribution in [0.3, 0.4) is 0 Å². The van der Waals surface area contributed by atoms with Crippen LogP contribution in [0.25, 0.3) is 0 Å². The largest absolute Gasteiger partial charge is 0.508 e. The summed E-state index contributed by atoms with van der Waals surface area (Å²) >= 11 is 5.99. The van der Waals surface area contributed by atoms with E-state index in [0.717, 1.165) is 11.0 Å². The van der Waals surface area contributed by atoms with Crippen molar-refractivity contribution < 1.29 is 38.2 Å². The molecule has 3 N–H and O–H groups in total. The van der Waals surface area contributed by atoms with Gasteiger partial charge in [-0.05, 0) is 49.9 Å². The summed E-state index contributed by atoms with van der Waals surface area (Å²) in [6, 6.07) is 6.96. The summed E-state index contributed by atoms with van der Waals surface area (Å²) in [5.41, 5.74) is 4.95. The Morgan fingerprint density at radius 1 is 1.10 bits per heavy atom. The van der Waals surface area contributed by atoms with Crippen molar-refractivity contribution in [3.63, 3.8) is 0 Å². The molecule has 12 heteroatoms. The number of phenols is 1. The summed E-state index contributed by atoms with van der Waals surface area (Å²) < 4.78 is 19.2. The minimum absolute atomic E-state index is 0.0263. The van der Waals surface area contributed by atoms with Gasteiger partial charge in [-0.2, -0.15) is 4.90 Å². The van der Waals surface area contributed by atoms with Crippen molar-refractivity contribution in [1.82, 2.24) is 4.90 Å². The number of carbonyl (C=O) groups excluding carboxylic acids is 5. The lowest BCUT2D eigenvalue weighted by atomic mass is 9.51. The number of anilines is 1. The average molecular weight is 582 g/mol. The molecule has 0 radical (unpaired) electrons. The maximum Gasteiger partial charge on any atom is 0.328 e. The third-order valence-electron chi connectivity index (χ3n) is 9.21. The molecule has 1 saturated carbocycles. The van der Waals surface area contributed by atoms with Crippen molar-refractivity contribution in [3.8, 4) is 11.5 Å². The van der Waals surface area contributed by atoms with Crippen molar-refractivity contribution in [2.45, 2.75) is 25.7 Å². The Morgan fingerprint density at radius 2 is 1.83 bits per heavy atom. The van der Waals surface area contributed by atoms with E-state index in [-0.39, 0.29) is 29.3 Å². The monoisotopic (exact) mass is 581 g/mol. The summed E-state index contributed by atoms with van der Waals surface area (Å²) in [5.74, 6) is -7.54. The second kappa shape index (κ2) is 9.13. The fraction of sp³-hybridized carbons (Fsp3) is 0.345. The van der Waals surface area contributed by atoms with Gasteiger partial charge in [-0.3, -0.25) is 19.2 Å². The first-order valence-electron chi connectivity index (χ1n) is 13.0. The smallest absolute Gasteiger partial charge is 0.328 e.